The van der Waals surface area contributed by atoms with E-state index in [2.05, 4.69) is 25.6 Å². The van der Waals surface area contributed by atoms with Crippen LogP contribution in [0.15, 0.2) is 48.9 Å². The van der Waals surface area contributed by atoms with Crippen LogP contribution < -0.4 is 10.6 Å². The molecule has 3 rings (SSSR count). The van der Waals surface area contributed by atoms with Crippen molar-refractivity contribution in [2.24, 2.45) is 0 Å². The van der Waals surface area contributed by atoms with Gasteiger partial charge in [-0.2, -0.15) is 18.2 Å². The maximum Gasteiger partial charge on any atom is 0.421 e. The number of carbonyl (C=O) groups is 1. The molecule has 1 aromatic carbocycles. The molecule has 33 heavy (non-hydrogen) atoms. The highest BCUT2D eigenvalue weighted by molar-refractivity contribution is 6.42. The molecule has 0 amide bonds. The molecule has 3 aromatic rings. The fraction of sp³-hybridized carbons (Fsp3) is 0.238. The number of nitrogens with zero attached hydrogens (tertiary/aromatic N) is 3. The van der Waals surface area contributed by atoms with Gasteiger partial charge < -0.3 is 15.4 Å². The first-order chi connectivity index (χ1) is 15.7. The lowest BCUT2D eigenvalue weighted by Crippen LogP contribution is -2.21. The first kappa shape index (κ1) is 24.5. The van der Waals surface area contributed by atoms with Crippen LogP contribution >= 0.6 is 23.2 Å². The van der Waals surface area contributed by atoms with Gasteiger partial charge in [-0.25, -0.2) is 4.98 Å². The summed E-state index contributed by atoms with van der Waals surface area (Å²) in [6.45, 7) is 1.77. The highest BCUT2D eigenvalue weighted by atomic mass is 35.5. The van der Waals surface area contributed by atoms with Gasteiger partial charge in [-0.05, 0) is 36.8 Å². The van der Waals surface area contributed by atoms with E-state index in [0.29, 0.717) is 22.5 Å². The summed E-state index contributed by atoms with van der Waals surface area (Å²) in [5.74, 6) is -1.22. The molecule has 0 saturated heterocycles. The number of nitrogens with one attached hydrogen (secondary N) is 2. The SMILES string of the molecule is CCOC(=O)CC(Nc1nc(Nc2ccc(Cl)c(Cl)c2)ncc1C(F)(F)F)c1cccnc1. The number of hydrogen-bond donors (Lipinski definition) is 2. The van der Waals surface area contributed by atoms with Crippen molar-refractivity contribution in [2.75, 3.05) is 17.2 Å². The van der Waals surface area contributed by atoms with E-state index in [9.17, 15) is 18.0 Å². The van der Waals surface area contributed by atoms with E-state index < -0.39 is 29.6 Å². The van der Waals surface area contributed by atoms with Gasteiger partial charge in [0.25, 0.3) is 0 Å². The maximum atomic E-state index is 13.7. The third-order valence-corrected chi connectivity index (χ3v) is 5.08. The number of esters is 1. The summed E-state index contributed by atoms with van der Waals surface area (Å²) in [5, 5.41) is 6.06. The molecular formula is C21H18Cl2F3N5O2. The molecule has 0 spiro atoms. The zero-order valence-electron chi connectivity index (χ0n) is 17.2. The lowest BCUT2D eigenvalue weighted by Gasteiger charge is -2.21. The zero-order valence-corrected chi connectivity index (χ0v) is 18.7. The summed E-state index contributed by atoms with van der Waals surface area (Å²) in [4.78, 5) is 23.8. The summed E-state index contributed by atoms with van der Waals surface area (Å²) in [6, 6.07) is 6.93. The predicted molar refractivity (Wildman–Crippen MR) is 119 cm³/mol. The number of rotatable bonds is 8. The Morgan fingerprint density at radius 1 is 1.18 bits per heavy atom. The molecule has 174 valence electrons. The number of anilines is 3. The first-order valence-electron chi connectivity index (χ1n) is 9.65. The Labute approximate surface area is 197 Å². The first-order valence-corrected chi connectivity index (χ1v) is 10.4. The van der Waals surface area contributed by atoms with Crippen LogP contribution in [-0.2, 0) is 15.7 Å². The van der Waals surface area contributed by atoms with E-state index in [4.69, 9.17) is 27.9 Å². The van der Waals surface area contributed by atoms with Gasteiger partial charge in [0.1, 0.15) is 11.4 Å². The summed E-state index contributed by atoms with van der Waals surface area (Å²) >= 11 is 11.9. The maximum absolute atomic E-state index is 13.7. The molecule has 0 bridgehead atoms. The molecule has 2 heterocycles. The number of alkyl halides is 3. The lowest BCUT2D eigenvalue weighted by molar-refractivity contribution is -0.143. The second-order valence-electron chi connectivity index (χ2n) is 6.70. The Morgan fingerprint density at radius 3 is 2.61 bits per heavy atom. The van der Waals surface area contributed by atoms with Crippen molar-refractivity contribution in [1.82, 2.24) is 15.0 Å². The van der Waals surface area contributed by atoms with Gasteiger partial charge in [0.2, 0.25) is 5.95 Å². The van der Waals surface area contributed by atoms with E-state index in [1.54, 1.807) is 25.1 Å². The molecule has 1 atom stereocenters. The van der Waals surface area contributed by atoms with Crippen molar-refractivity contribution in [3.05, 3.63) is 70.1 Å². The molecule has 0 aliphatic rings. The molecule has 0 aliphatic carbocycles. The van der Waals surface area contributed by atoms with Gasteiger partial charge in [-0.3, -0.25) is 9.78 Å². The third kappa shape index (κ3) is 6.69. The number of halogens is 5. The predicted octanol–water partition coefficient (Wildman–Crippen LogP) is 6.05. The minimum atomic E-state index is -4.74. The molecular weight excluding hydrogens is 482 g/mol. The summed E-state index contributed by atoms with van der Waals surface area (Å²) in [7, 11) is 0. The minimum Gasteiger partial charge on any atom is -0.466 e. The van der Waals surface area contributed by atoms with Crippen molar-refractivity contribution in [1.29, 1.82) is 0 Å². The Morgan fingerprint density at radius 2 is 1.97 bits per heavy atom. The van der Waals surface area contributed by atoms with E-state index in [1.165, 1.54) is 24.5 Å². The Balaban J connectivity index is 1.96. The monoisotopic (exact) mass is 499 g/mol. The van der Waals surface area contributed by atoms with Gasteiger partial charge in [0.15, 0.2) is 0 Å². The topological polar surface area (TPSA) is 89.0 Å². The fourth-order valence-electron chi connectivity index (χ4n) is 2.85. The molecule has 2 aromatic heterocycles. The van der Waals surface area contributed by atoms with Crippen molar-refractivity contribution in [2.45, 2.75) is 25.6 Å². The van der Waals surface area contributed by atoms with Crippen LogP contribution in [0.4, 0.5) is 30.6 Å². The second-order valence-corrected chi connectivity index (χ2v) is 7.51. The Kier molecular flexibility index (Phi) is 7.93. The Bertz CT molecular complexity index is 1120. The molecule has 2 N–H and O–H groups in total. The lowest BCUT2D eigenvalue weighted by atomic mass is 10.1. The van der Waals surface area contributed by atoms with E-state index in [1.807, 2.05) is 0 Å². The zero-order chi connectivity index (χ0) is 24.0. The minimum absolute atomic E-state index is 0.120. The molecule has 0 radical (unpaired) electrons. The van der Waals surface area contributed by atoms with Gasteiger partial charge in [-0.1, -0.05) is 29.3 Å². The van der Waals surface area contributed by atoms with Gasteiger partial charge in [-0.15, -0.1) is 0 Å². The number of carbonyl (C=O) groups excluding carboxylic acids is 1. The highest BCUT2D eigenvalue weighted by Gasteiger charge is 2.36. The normalized spacial score (nSPS) is 12.2. The smallest absolute Gasteiger partial charge is 0.421 e. The number of benzene rings is 1. The molecule has 0 saturated carbocycles. The molecule has 0 fully saturated rings. The number of aromatic nitrogens is 3. The number of ether oxygens (including phenoxy) is 1. The average molecular weight is 500 g/mol. The van der Waals surface area contributed by atoms with Crippen LogP contribution in [-0.4, -0.2) is 27.5 Å². The fourth-order valence-corrected chi connectivity index (χ4v) is 3.15. The van der Waals surface area contributed by atoms with Crippen LogP contribution in [0.5, 0.6) is 0 Å². The molecule has 1 unspecified atom stereocenters. The molecule has 7 nitrogen and oxygen atoms in total. The molecule has 12 heteroatoms. The van der Waals surface area contributed by atoms with Gasteiger partial charge in [0, 0.05) is 24.3 Å². The standard InChI is InChI=1S/C21H18Cl2F3N5O2/c1-2-33-18(32)9-17(12-4-3-7-27-10-12)30-19-14(21(24,25)26)11-28-20(31-19)29-13-5-6-15(22)16(23)8-13/h3-8,10-11,17H,2,9H2,1H3,(H2,28,29,30,31). The Hall–Kier alpha value is -3.11. The quantitative estimate of drug-likeness (QED) is 0.364. The number of pyridine rings is 1. The van der Waals surface area contributed by atoms with Crippen LogP contribution in [0, 0.1) is 0 Å². The van der Waals surface area contributed by atoms with Crippen molar-refractivity contribution in [3.8, 4) is 0 Å². The van der Waals surface area contributed by atoms with Crippen LogP contribution in [0.25, 0.3) is 0 Å². The third-order valence-electron chi connectivity index (χ3n) is 4.34. The van der Waals surface area contributed by atoms with E-state index >= 15 is 0 Å². The van der Waals surface area contributed by atoms with Crippen molar-refractivity contribution in [3.63, 3.8) is 0 Å². The summed E-state index contributed by atoms with van der Waals surface area (Å²) in [6.07, 6.45) is -1.37. The highest BCUT2D eigenvalue weighted by Crippen LogP contribution is 2.36. The van der Waals surface area contributed by atoms with Gasteiger partial charge in [0.05, 0.1) is 29.1 Å². The van der Waals surface area contributed by atoms with Crippen LogP contribution in [0.3, 0.4) is 0 Å². The van der Waals surface area contributed by atoms with Crippen molar-refractivity contribution >= 4 is 46.6 Å². The van der Waals surface area contributed by atoms with E-state index in [0.717, 1.165) is 0 Å². The molecule has 0 aliphatic heterocycles. The van der Waals surface area contributed by atoms with Crippen molar-refractivity contribution < 1.29 is 22.7 Å². The largest absolute Gasteiger partial charge is 0.466 e. The summed E-state index contributed by atoms with van der Waals surface area (Å²) < 4.78 is 46.0. The second kappa shape index (κ2) is 10.7. The average Bonchev–Trinajstić information content (AvgIpc) is 2.76. The van der Waals surface area contributed by atoms with Crippen LogP contribution in [0.2, 0.25) is 10.0 Å². The summed E-state index contributed by atoms with van der Waals surface area (Å²) in [5.41, 5.74) is -0.193. The van der Waals surface area contributed by atoms with Gasteiger partial charge >= 0.3 is 12.1 Å². The van der Waals surface area contributed by atoms with Crippen LogP contribution in [0.1, 0.15) is 30.5 Å². The van der Waals surface area contributed by atoms with E-state index in [-0.39, 0.29) is 24.0 Å². The number of hydrogen-bond acceptors (Lipinski definition) is 7.